The average Bonchev–Trinajstić information content (AvgIpc) is 1.46. The molecule has 25 unspecified atom stereocenters. The van der Waals surface area contributed by atoms with Crippen LogP contribution in [0, 0.1) is 0 Å². The number of nitrogens with zero attached hydrogens (tertiary/aromatic N) is 3. The maximum absolute atomic E-state index is 15.0. The number of carbonyl (C=O) groups excluding carboxylic acids is 5. The number of hydrogen-bond acceptors (Lipinski definition) is 31. The topological polar surface area (TPSA) is 570 Å². The van der Waals surface area contributed by atoms with E-state index in [0.29, 0.717) is 5.56 Å². The van der Waals surface area contributed by atoms with Gasteiger partial charge in [0.05, 0.1) is 64.2 Å². The Morgan fingerprint density at radius 2 is 1.28 bits per heavy atom. The van der Waals surface area contributed by atoms with Crippen molar-refractivity contribution in [3.63, 3.8) is 0 Å². The summed E-state index contributed by atoms with van der Waals surface area (Å²) in [5, 5.41) is 154. The average molecular weight is 1360 g/mol. The third-order valence-corrected chi connectivity index (χ3v) is 17.1. The first-order valence-electron chi connectivity index (χ1n) is 30.8. The first-order valence-corrected chi connectivity index (χ1v) is 30.8. The van der Waals surface area contributed by atoms with Gasteiger partial charge in [-0.1, -0.05) is 91.9 Å². The van der Waals surface area contributed by atoms with E-state index in [9.17, 15) is 90.4 Å². The fraction of sp³-hybridized carbons (Fsp3) is 0.557. The minimum atomic E-state index is -2.26. The molecular formula is C61H85N11O24. The summed E-state index contributed by atoms with van der Waals surface area (Å²) in [7, 11) is 0. The van der Waals surface area contributed by atoms with Crippen molar-refractivity contribution in [3.8, 4) is 5.75 Å². The standard InChI is InChI=1S/C61H85N11O24/c1-27(30-12-6-3-7-13-30)39(62)54(88)68-33(19-29-14-16-32(17-15-29)92-58-51(86)48(83)52(37(25-76)94-58)96-59-50(85)47(82)45(80)38(95-59)26-91-18-8-11-28-9-4-2-5-10-28)53(87)70-40(42(77)34-20-65-60(63)69-34)56(90)71-41(55(89)67-31(22-73)23-74)43(78)35-21-66-61(64)72(35)57-49(84)46(81)44(79)36(24-75)93-57/h2-17,22,27,31,33-52,57-59,74-86H,18-21,23-26,62H2,1H3,(H2,64,66)(H,67,89)(H,68,88)(H,70,87)(H,71,90)(H3,63,65,69)/b11-8+. The highest BCUT2D eigenvalue weighted by Gasteiger charge is 2.54. The number of aliphatic hydroxyl groups excluding tert-OH is 13. The smallest absolute Gasteiger partial charge is 0.246 e. The van der Waals surface area contributed by atoms with Gasteiger partial charge in [0.1, 0.15) is 122 Å². The third-order valence-electron chi connectivity index (χ3n) is 17.1. The van der Waals surface area contributed by atoms with Crippen LogP contribution < -0.4 is 48.5 Å². The second-order valence-corrected chi connectivity index (χ2v) is 23.7. The summed E-state index contributed by atoms with van der Waals surface area (Å²) in [6.45, 7) is -2.06. The largest absolute Gasteiger partial charge is 0.462 e. The molecule has 3 fully saturated rings. The lowest BCUT2D eigenvalue weighted by Crippen LogP contribution is -2.70. The number of rotatable bonds is 30. The number of nitrogens with one attached hydrogen (secondary N) is 5. The van der Waals surface area contributed by atoms with Crippen LogP contribution >= 0.6 is 0 Å². The Labute approximate surface area is 549 Å². The first-order chi connectivity index (χ1) is 45.9. The minimum Gasteiger partial charge on any atom is -0.462 e. The zero-order chi connectivity index (χ0) is 69.7. The van der Waals surface area contributed by atoms with E-state index < -0.39 is 215 Å². The van der Waals surface area contributed by atoms with Crippen LogP contribution in [0.2, 0.25) is 0 Å². The van der Waals surface area contributed by atoms with Gasteiger partial charge in [-0.15, -0.1) is 0 Å². The van der Waals surface area contributed by atoms with Crippen molar-refractivity contribution in [3.05, 3.63) is 108 Å². The van der Waals surface area contributed by atoms with Crippen LogP contribution in [0.5, 0.6) is 5.75 Å². The Hall–Kier alpha value is -7.47. The molecule has 0 bridgehead atoms. The second kappa shape index (κ2) is 34.2. The van der Waals surface area contributed by atoms with E-state index in [1.54, 1.807) is 49.4 Å². The summed E-state index contributed by atoms with van der Waals surface area (Å²) in [4.78, 5) is 79.2. The zero-order valence-corrected chi connectivity index (χ0v) is 51.8. The summed E-state index contributed by atoms with van der Waals surface area (Å²) < 4.78 is 34.7. The van der Waals surface area contributed by atoms with Crippen molar-refractivity contribution in [2.45, 2.75) is 166 Å². The van der Waals surface area contributed by atoms with Gasteiger partial charge in [0.15, 0.2) is 24.4 Å². The lowest BCUT2D eigenvalue weighted by Gasteiger charge is -2.46. The zero-order valence-electron chi connectivity index (χ0n) is 51.8. The molecule has 24 N–H and O–H groups in total. The number of ether oxygens (including phenoxy) is 6. The van der Waals surface area contributed by atoms with Crippen molar-refractivity contribution in [2.24, 2.45) is 27.2 Å². The Kier molecular flexibility index (Phi) is 26.4. The number of carbonyl (C=O) groups is 5. The van der Waals surface area contributed by atoms with Crippen LogP contribution in [0.25, 0.3) is 6.08 Å². The highest BCUT2D eigenvalue weighted by molar-refractivity contribution is 5.96. The molecule has 5 aliphatic rings. The first kappa shape index (κ1) is 74.3. The van der Waals surface area contributed by atoms with Gasteiger partial charge in [0.25, 0.3) is 0 Å². The molecule has 8 rings (SSSR count). The Balaban J connectivity index is 1.00. The van der Waals surface area contributed by atoms with E-state index in [2.05, 4.69) is 36.6 Å². The van der Waals surface area contributed by atoms with Gasteiger partial charge in [-0.25, -0.2) is 0 Å². The van der Waals surface area contributed by atoms with Crippen LogP contribution in [-0.2, 0) is 54.1 Å². The van der Waals surface area contributed by atoms with Gasteiger partial charge in [-0.3, -0.25) is 29.2 Å². The maximum atomic E-state index is 15.0. The number of aliphatic imine (C=N–C) groups is 2. The van der Waals surface area contributed by atoms with Crippen molar-refractivity contribution in [1.29, 1.82) is 0 Å². The van der Waals surface area contributed by atoms with Crippen molar-refractivity contribution < 1.29 is 119 Å². The van der Waals surface area contributed by atoms with Crippen LogP contribution in [0.15, 0.2) is 101 Å². The maximum Gasteiger partial charge on any atom is 0.246 e. The van der Waals surface area contributed by atoms with E-state index >= 15 is 0 Å². The highest BCUT2D eigenvalue weighted by atomic mass is 16.7. The quantitative estimate of drug-likeness (QED) is 0.0218. The Morgan fingerprint density at radius 3 is 1.92 bits per heavy atom. The van der Waals surface area contributed by atoms with Gasteiger partial charge < -0.3 is 148 Å². The van der Waals surface area contributed by atoms with Crippen LogP contribution in [-0.4, -0.2) is 306 Å². The van der Waals surface area contributed by atoms with Gasteiger partial charge in [-0.2, -0.15) is 0 Å². The molecule has 0 radical (unpaired) electrons. The van der Waals surface area contributed by atoms with Crippen molar-refractivity contribution in [2.75, 3.05) is 46.1 Å². The summed E-state index contributed by atoms with van der Waals surface area (Å²) in [5.41, 5.74) is 20.4. The number of hydrogen-bond donors (Lipinski definition) is 21. The molecule has 35 nitrogen and oxygen atoms in total. The number of aldehydes is 1. The number of guanidine groups is 2. The van der Waals surface area contributed by atoms with Crippen LogP contribution in [0.4, 0.5) is 0 Å². The van der Waals surface area contributed by atoms with Crippen LogP contribution in [0.1, 0.15) is 29.5 Å². The Morgan fingerprint density at radius 1 is 0.677 bits per heavy atom. The molecule has 5 heterocycles. The lowest BCUT2D eigenvalue weighted by molar-refractivity contribution is -0.353. The van der Waals surface area contributed by atoms with E-state index in [4.69, 9.17) is 45.6 Å². The normalized spacial score (nSPS) is 31.6. The summed E-state index contributed by atoms with van der Waals surface area (Å²) >= 11 is 0. The van der Waals surface area contributed by atoms with Crippen molar-refractivity contribution >= 4 is 47.9 Å². The molecule has 0 spiro atoms. The molecule has 3 aromatic rings. The number of aliphatic hydroxyl groups is 13. The molecule has 0 aliphatic carbocycles. The van der Waals surface area contributed by atoms with Gasteiger partial charge in [-0.05, 0) is 28.8 Å². The van der Waals surface area contributed by atoms with E-state index in [-0.39, 0.29) is 43.3 Å². The highest BCUT2D eigenvalue weighted by Crippen LogP contribution is 2.32. The monoisotopic (exact) mass is 1360 g/mol. The molecular weight excluding hydrogens is 1270 g/mol. The molecule has 528 valence electrons. The molecule has 0 aromatic heterocycles. The van der Waals surface area contributed by atoms with Crippen LogP contribution in [0.3, 0.4) is 0 Å². The predicted octanol–water partition coefficient (Wildman–Crippen LogP) is -9.96. The number of amides is 4. The summed E-state index contributed by atoms with van der Waals surface area (Å²) in [5.74, 6) is -6.16. The minimum absolute atomic E-state index is 0.0350. The molecule has 3 saturated heterocycles. The van der Waals surface area contributed by atoms with Gasteiger partial charge >= 0.3 is 0 Å². The fourth-order valence-electron chi connectivity index (χ4n) is 11.4. The van der Waals surface area contributed by atoms with Crippen molar-refractivity contribution in [1.82, 2.24) is 31.5 Å². The molecule has 5 aliphatic heterocycles. The van der Waals surface area contributed by atoms with Gasteiger partial charge in [0.2, 0.25) is 29.9 Å². The Bertz CT molecular complexity index is 3130. The van der Waals surface area contributed by atoms with Gasteiger partial charge in [0, 0.05) is 12.3 Å². The summed E-state index contributed by atoms with van der Waals surface area (Å²) in [6, 6.07) is 11.5. The van der Waals surface area contributed by atoms with E-state index in [1.165, 1.54) is 24.3 Å². The summed E-state index contributed by atoms with van der Waals surface area (Å²) in [6.07, 6.45) is -27.2. The number of benzene rings is 3. The van der Waals surface area contributed by atoms with E-state index in [1.807, 2.05) is 30.3 Å². The molecule has 25 atom stereocenters. The molecule has 96 heavy (non-hydrogen) atoms. The molecule has 3 aromatic carbocycles. The molecule has 35 heteroatoms. The fourth-order valence-corrected chi connectivity index (χ4v) is 11.4. The molecule has 0 saturated carbocycles. The predicted molar refractivity (Wildman–Crippen MR) is 331 cm³/mol. The third kappa shape index (κ3) is 17.8. The SMILES string of the molecule is CC(c1ccccc1)C(N)C(=O)NC(Cc1ccc(OC2OC(CO)C(OC3OC(COC/C=C/c4ccccc4)C(O)C(O)C3O)C(O)C2O)cc1)C(=O)NC(C(=O)NC(C(=O)NC(C=O)CO)C(O)C1CN=C(N)N1C1OC(CO)C(O)C(O)C1O)C(O)C1CN=C(N)N1. The second-order valence-electron chi connectivity index (χ2n) is 23.7. The molecule has 4 amide bonds. The number of nitrogens with two attached hydrogens (primary N) is 3. The lowest BCUT2D eigenvalue weighted by atomic mass is 9.93. The van der Waals surface area contributed by atoms with E-state index in [0.717, 1.165) is 10.5 Å².